The van der Waals surface area contributed by atoms with Crippen LogP contribution in [0.2, 0.25) is 0 Å². The van der Waals surface area contributed by atoms with Crippen LogP contribution < -0.4 is 14.8 Å². The zero-order valence-corrected chi connectivity index (χ0v) is 16.9. The van der Waals surface area contributed by atoms with Gasteiger partial charge in [-0.1, -0.05) is 0 Å². The minimum Gasteiger partial charge on any atom is -0.491 e. The Morgan fingerprint density at radius 3 is 2.47 bits per heavy atom. The first-order valence-corrected chi connectivity index (χ1v) is 9.05. The molecule has 0 saturated heterocycles. The molecule has 1 amide bonds. The molecule has 0 fully saturated rings. The summed E-state index contributed by atoms with van der Waals surface area (Å²) in [5, 5.41) is 6.85. The number of rotatable bonds is 7. The highest BCUT2D eigenvalue weighted by Crippen LogP contribution is 2.27. The summed E-state index contributed by atoms with van der Waals surface area (Å²) in [5.41, 5.74) is 0.366. The molecule has 0 spiro atoms. The maximum absolute atomic E-state index is 12.7. The average Bonchev–Trinajstić information content (AvgIpc) is 3.11. The zero-order chi connectivity index (χ0) is 21.7. The van der Waals surface area contributed by atoms with Gasteiger partial charge in [0.2, 0.25) is 5.88 Å². The number of nitrogens with one attached hydrogen (secondary N) is 1. The Morgan fingerprint density at radius 2 is 1.87 bits per heavy atom. The average molecular weight is 411 g/mol. The topological polar surface area (TPSA) is 117 Å². The van der Waals surface area contributed by atoms with E-state index >= 15 is 0 Å². The lowest BCUT2D eigenvalue weighted by Gasteiger charge is -2.13. The standard InChI is InChI=1S/C20H21N5O5/c1-12(2)29-14-7-13(19(26)23-17-5-6-25(3)24-17)8-15(9-14)30-18-11-21-16(10-22-18)20(27)28-4/h5-12H,1-4H3,(H,23,24,26). The van der Waals surface area contributed by atoms with Crippen molar-refractivity contribution in [1.82, 2.24) is 19.7 Å². The van der Waals surface area contributed by atoms with Crippen LogP contribution in [0.4, 0.5) is 5.82 Å². The highest BCUT2D eigenvalue weighted by molar-refractivity contribution is 6.04. The van der Waals surface area contributed by atoms with E-state index in [2.05, 4.69) is 25.1 Å². The molecule has 0 radical (unpaired) electrons. The van der Waals surface area contributed by atoms with Gasteiger partial charge < -0.3 is 19.5 Å². The van der Waals surface area contributed by atoms with Crippen LogP contribution in [0.15, 0.2) is 42.9 Å². The van der Waals surface area contributed by atoms with Crippen LogP contribution in [0.5, 0.6) is 17.4 Å². The van der Waals surface area contributed by atoms with Crippen LogP contribution in [-0.4, -0.2) is 44.8 Å². The van der Waals surface area contributed by atoms with Crippen molar-refractivity contribution < 1.29 is 23.8 Å². The predicted octanol–water partition coefficient (Wildman–Crippen LogP) is 2.83. The van der Waals surface area contributed by atoms with Gasteiger partial charge in [-0.15, -0.1) is 0 Å². The van der Waals surface area contributed by atoms with Crippen LogP contribution >= 0.6 is 0 Å². The van der Waals surface area contributed by atoms with Gasteiger partial charge in [0, 0.05) is 30.9 Å². The zero-order valence-electron chi connectivity index (χ0n) is 16.9. The van der Waals surface area contributed by atoms with Crippen molar-refractivity contribution in [3.8, 4) is 17.4 Å². The monoisotopic (exact) mass is 411 g/mol. The van der Waals surface area contributed by atoms with E-state index in [0.717, 1.165) is 0 Å². The summed E-state index contributed by atoms with van der Waals surface area (Å²) in [6, 6.07) is 6.47. The number of carbonyl (C=O) groups is 2. The molecule has 0 saturated carbocycles. The number of carbonyl (C=O) groups excluding carboxylic acids is 2. The molecule has 0 aliphatic carbocycles. The summed E-state index contributed by atoms with van der Waals surface area (Å²) in [5.74, 6) is 0.354. The largest absolute Gasteiger partial charge is 0.491 e. The molecule has 2 aromatic heterocycles. The number of methoxy groups -OCH3 is 1. The third-order valence-corrected chi connectivity index (χ3v) is 3.71. The van der Waals surface area contributed by atoms with E-state index in [9.17, 15) is 9.59 Å². The summed E-state index contributed by atoms with van der Waals surface area (Å²) in [6.07, 6.45) is 4.14. The van der Waals surface area contributed by atoms with E-state index in [-0.39, 0.29) is 23.6 Å². The Hall–Kier alpha value is -3.95. The number of benzene rings is 1. The lowest BCUT2D eigenvalue weighted by Crippen LogP contribution is -2.14. The number of aromatic nitrogens is 4. The molecule has 10 heteroatoms. The fourth-order valence-electron chi connectivity index (χ4n) is 2.47. The SMILES string of the molecule is COC(=O)c1cnc(Oc2cc(OC(C)C)cc(C(=O)Nc3ccn(C)n3)c2)cn1. The Labute approximate surface area is 172 Å². The molecule has 156 valence electrons. The van der Waals surface area contributed by atoms with Crippen LogP contribution in [0.1, 0.15) is 34.7 Å². The second-order valence-electron chi connectivity index (χ2n) is 6.52. The van der Waals surface area contributed by atoms with Crippen molar-refractivity contribution in [2.24, 2.45) is 7.05 Å². The molecule has 0 unspecified atom stereocenters. The molecule has 0 aliphatic heterocycles. The van der Waals surface area contributed by atoms with Gasteiger partial charge in [-0.25, -0.2) is 14.8 Å². The van der Waals surface area contributed by atoms with Crippen molar-refractivity contribution in [2.75, 3.05) is 12.4 Å². The van der Waals surface area contributed by atoms with Crippen molar-refractivity contribution in [3.63, 3.8) is 0 Å². The van der Waals surface area contributed by atoms with E-state index in [1.54, 1.807) is 42.2 Å². The Kier molecular flexibility index (Phi) is 6.26. The second kappa shape index (κ2) is 9.03. The quantitative estimate of drug-likeness (QED) is 0.590. The third kappa shape index (κ3) is 5.31. The first-order chi connectivity index (χ1) is 14.3. The Morgan fingerprint density at radius 1 is 1.10 bits per heavy atom. The minimum absolute atomic E-state index is 0.0529. The number of hydrogen-bond donors (Lipinski definition) is 1. The molecular formula is C20H21N5O5. The first-order valence-electron chi connectivity index (χ1n) is 9.05. The van der Waals surface area contributed by atoms with Crippen molar-refractivity contribution in [3.05, 3.63) is 54.1 Å². The summed E-state index contributed by atoms with van der Waals surface area (Å²) in [4.78, 5) is 32.1. The molecule has 2 heterocycles. The van der Waals surface area contributed by atoms with E-state index in [0.29, 0.717) is 22.9 Å². The molecule has 10 nitrogen and oxygen atoms in total. The summed E-state index contributed by atoms with van der Waals surface area (Å²) in [6.45, 7) is 3.75. The highest BCUT2D eigenvalue weighted by atomic mass is 16.5. The van der Waals surface area contributed by atoms with Gasteiger partial charge in [-0.05, 0) is 26.0 Å². The fraction of sp³-hybridized carbons (Fsp3) is 0.250. The maximum atomic E-state index is 12.7. The van der Waals surface area contributed by atoms with Gasteiger partial charge in [0.15, 0.2) is 11.5 Å². The number of ether oxygens (including phenoxy) is 3. The number of nitrogens with zero attached hydrogens (tertiary/aromatic N) is 4. The van der Waals surface area contributed by atoms with Crippen molar-refractivity contribution in [2.45, 2.75) is 20.0 Å². The van der Waals surface area contributed by atoms with Gasteiger partial charge in [0.05, 0.1) is 25.6 Å². The number of hydrogen-bond acceptors (Lipinski definition) is 8. The van der Waals surface area contributed by atoms with Gasteiger partial charge in [-0.2, -0.15) is 5.10 Å². The van der Waals surface area contributed by atoms with E-state index in [4.69, 9.17) is 9.47 Å². The fourth-order valence-corrected chi connectivity index (χ4v) is 2.47. The predicted molar refractivity (Wildman–Crippen MR) is 107 cm³/mol. The lowest BCUT2D eigenvalue weighted by atomic mass is 10.2. The molecule has 0 atom stereocenters. The highest BCUT2D eigenvalue weighted by Gasteiger charge is 2.14. The van der Waals surface area contributed by atoms with Gasteiger partial charge in [-0.3, -0.25) is 9.48 Å². The van der Waals surface area contributed by atoms with Crippen LogP contribution in [0, 0.1) is 0 Å². The van der Waals surface area contributed by atoms with E-state index in [1.165, 1.54) is 19.5 Å². The number of esters is 1. The van der Waals surface area contributed by atoms with Crippen LogP contribution in [0.25, 0.3) is 0 Å². The van der Waals surface area contributed by atoms with Crippen LogP contribution in [0.3, 0.4) is 0 Å². The lowest BCUT2D eigenvalue weighted by molar-refractivity contribution is 0.0593. The molecule has 3 aromatic rings. The first kappa shape index (κ1) is 20.8. The number of anilines is 1. The Bertz CT molecular complexity index is 1050. The molecular weight excluding hydrogens is 390 g/mol. The smallest absolute Gasteiger partial charge is 0.358 e. The molecule has 0 aliphatic rings. The number of amides is 1. The molecule has 0 bridgehead atoms. The molecule has 30 heavy (non-hydrogen) atoms. The van der Waals surface area contributed by atoms with Crippen LogP contribution in [-0.2, 0) is 11.8 Å². The van der Waals surface area contributed by atoms with E-state index in [1.807, 2.05) is 13.8 Å². The summed E-state index contributed by atoms with van der Waals surface area (Å²) >= 11 is 0. The maximum Gasteiger partial charge on any atom is 0.358 e. The van der Waals surface area contributed by atoms with Gasteiger partial charge in [0.1, 0.15) is 11.5 Å². The molecule has 3 rings (SSSR count). The Balaban J connectivity index is 1.84. The third-order valence-electron chi connectivity index (χ3n) is 3.71. The van der Waals surface area contributed by atoms with Gasteiger partial charge in [0.25, 0.3) is 5.91 Å². The van der Waals surface area contributed by atoms with Crippen molar-refractivity contribution in [1.29, 1.82) is 0 Å². The summed E-state index contributed by atoms with van der Waals surface area (Å²) < 4.78 is 17.6. The normalized spacial score (nSPS) is 10.6. The van der Waals surface area contributed by atoms with E-state index < -0.39 is 5.97 Å². The minimum atomic E-state index is -0.602. The van der Waals surface area contributed by atoms with Gasteiger partial charge >= 0.3 is 5.97 Å². The molecule has 1 N–H and O–H groups in total. The van der Waals surface area contributed by atoms with Crippen molar-refractivity contribution >= 4 is 17.7 Å². The number of aryl methyl sites for hydroxylation is 1. The second-order valence-corrected chi connectivity index (χ2v) is 6.52. The summed E-state index contributed by atoms with van der Waals surface area (Å²) in [7, 11) is 3.01. The molecule has 1 aromatic carbocycles.